The summed E-state index contributed by atoms with van der Waals surface area (Å²) >= 11 is 0. The van der Waals surface area contributed by atoms with Gasteiger partial charge in [0.2, 0.25) is 0 Å². The lowest BCUT2D eigenvalue weighted by atomic mass is 10.1. The smallest absolute Gasteiger partial charge is 0.462 e. The summed E-state index contributed by atoms with van der Waals surface area (Å²) in [6.45, 7) is 1.93. The highest BCUT2D eigenvalue weighted by Crippen LogP contribution is 2.43. The number of phosphoric ester groups is 1. The van der Waals surface area contributed by atoms with E-state index in [1.54, 1.807) is 0 Å². The van der Waals surface area contributed by atoms with Crippen molar-refractivity contribution in [3.8, 4) is 0 Å². The molecule has 0 spiro atoms. The quantitative estimate of drug-likeness (QED) is 0.0202. The van der Waals surface area contributed by atoms with E-state index < -0.39 is 51.8 Å². The summed E-state index contributed by atoms with van der Waals surface area (Å²) in [5, 5.41) is 28.0. The lowest BCUT2D eigenvalue weighted by molar-refractivity contribution is -0.161. The van der Waals surface area contributed by atoms with Gasteiger partial charge in [0.05, 0.1) is 25.9 Å². The van der Waals surface area contributed by atoms with Gasteiger partial charge < -0.3 is 29.7 Å². The molecule has 0 aromatic heterocycles. The molecular weight excluding hydrogens is 759 g/mol. The second kappa shape index (κ2) is 40.6. The number of carbonyl (C=O) groups excluding carboxylic acids is 2. The van der Waals surface area contributed by atoms with Gasteiger partial charge in [-0.2, -0.15) is 0 Å². The lowest BCUT2D eigenvalue weighted by Gasteiger charge is -2.20. The number of aliphatic hydroxyl groups is 3. The maximum atomic E-state index is 12.6. The number of rotatable bonds is 38. The first-order chi connectivity index (χ1) is 28.1. The normalized spacial score (nSPS) is 15.3. The van der Waals surface area contributed by atoms with Gasteiger partial charge in [-0.3, -0.25) is 18.6 Å². The summed E-state index contributed by atoms with van der Waals surface area (Å²) in [5.41, 5.74) is 0. The summed E-state index contributed by atoms with van der Waals surface area (Å²) in [6, 6.07) is 0. The number of hydrogen-bond donors (Lipinski definition) is 4. The number of phosphoric acid groups is 1. The van der Waals surface area contributed by atoms with Crippen molar-refractivity contribution in [3.63, 3.8) is 0 Å². The Bertz CT molecular complexity index is 1300. The van der Waals surface area contributed by atoms with Crippen molar-refractivity contribution in [1.82, 2.24) is 0 Å². The van der Waals surface area contributed by atoms with E-state index in [9.17, 15) is 29.3 Å². The minimum Gasteiger partial charge on any atom is -0.462 e. The van der Waals surface area contributed by atoms with Gasteiger partial charge in [-0.25, -0.2) is 4.57 Å². The summed E-state index contributed by atoms with van der Waals surface area (Å²) in [6.07, 6.45) is 45.8. The Labute approximate surface area is 349 Å². The fourth-order valence-corrected chi connectivity index (χ4v) is 5.84. The van der Waals surface area contributed by atoms with E-state index in [0.717, 1.165) is 83.5 Å². The van der Waals surface area contributed by atoms with Gasteiger partial charge in [-0.15, -0.1) is 0 Å². The first-order valence-electron chi connectivity index (χ1n) is 21.3. The average Bonchev–Trinajstić information content (AvgIpc) is 3.20. The second-order valence-electron chi connectivity index (χ2n) is 13.8. The van der Waals surface area contributed by atoms with Crippen molar-refractivity contribution >= 4 is 19.8 Å². The van der Waals surface area contributed by atoms with Gasteiger partial charge in [0.25, 0.3) is 0 Å². The molecule has 0 amide bonds. The minimum absolute atomic E-state index is 0.131. The molecular formula is C46H75O11P. The Balaban J connectivity index is 4.49. The highest BCUT2D eigenvalue weighted by molar-refractivity contribution is 7.47. The molecule has 0 aromatic rings. The van der Waals surface area contributed by atoms with Crippen LogP contribution in [-0.4, -0.2) is 76.9 Å². The summed E-state index contributed by atoms with van der Waals surface area (Å²) in [5.74, 6) is -1.05. The molecule has 0 saturated heterocycles. The van der Waals surface area contributed by atoms with Crippen LogP contribution in [0.4, 0.5) is 0 Å². The predicted molar refractivity (Wildman–Crippen MR) is 234 cm³/mol. The second-order valence-corrected chi connectivity index (χ2v) is 15.3. The van der Waals surface area contributed by atoms with E-state index in [1.807, 2.05) is 18.2 Å². The van der Waals surface area contributed by atoms with E-state index in [1.165, 1.54) is 0 Å². The van der Waals surface area contributed by atoms with E-state index in [0.29, 0.717) is 25.7 Å². The molecule has 0 aliphatic heterocycles. The third-order valence-electron chi connectivity index (χ3n) is 8.28. The first-order valence-corrected chi connectivity index (χ1v) is 22.8. The van der Waals surface area contributed by atoms with Crippen LogP contribution in [0.25, 0.3) is 0 Å². The molecule has 0 rings (SSSR count). The summed E-state index contributed by atoms with van der Waals surface area (Å²) in [4.78, 5) is 35.0. The monoisotopic (exact) mass is 835 g/mol. The van der Waals surface area contributed by atoms with Crippen molar-refractivity contribution in [2.45, 2.75) is 154 Å². The van der Waals surface area contributed by atoms with Crippen LogP contribution in [0.1, 0.15) is 136 Å². The molecule has 330 valence electrons. The number of aliphatic hydroxyl groups excluding tert-OH is 3. The Hall–Kier alpha value is -3.15. The highest BCUT2D eigenvalue weighted by Gasteiger charge is 2.27. The molecule has 0 radical (unpaired) electrons. The SMILES string of the molecule is CC/C=C\C/C=C\C/C=C\C/C=C\CCCCCCC(=O)O[C@H](COC(=O)CCC/C=C\C/C=C\C/C=C\C/C=C\CC(O)CCC)COP(=O)(O)OC[C@@H](O)CO. The third kappa shape index (κ3) is 39.7. The van der Waals surface area contributed by atoms with Gasteiger partial charge in [-0.1, -0.05) is 130 Å². The largest absolute Gasteiger partial charge is 0.472 e. The molecule has 4 N–H and O–H groups in total. The van der Waals surface area contributed by atoms with Crippen molar-refractivity contribution < 1.29 is 52.9 Å². The topological polar surface area (TPSA) is 169 Å². The summed E-state index contributed by atoms with van der Waals surface area (Å²) in [7, 11) is -4.65. The zero-order valence-corrected chi connectivity index (χ0v) is 36.2. The van der Waals surface area contributed by atoms with E-state index >= 15 is 0 Å². The highest BCUT2D eigenvalue weighted by atomic mass is 31.2. The molecule has 0 saturated carbocycles. The van der Waals surface area contributed by atoms with Gasteiger partial charge in [0.1, 0.15) is 12.7 Å². The van der Waals surface area contributed by atoms with Crippen molar-refractivity contribution in [1.29, 1.82) is 0 Å². The predicted octanol–water partition coefficient (Wildman–Crippen LogP) is 10.2. The molecule has 2 unspecified atom stereocenters. The zero-order chi connectivity index (χ0) is 42.8. The molecule has 0 fully saturated rings. The Morgan fingerprint density at radius 2 is 1.05 bits per heavy atom. The maximum absolute atomic E-state index is 12.6. The van der Waals surface area contributed by atoms with Crippen LogP contribution in [0.3, 0.4) is 0 Å². The van der Waals surface area contributed by atoms with E-state index in [2.05, 4.69) is 97.4 Å². The van der Waals surface area contributed by atoms with Crippen LogP contribution in [0.5, 0.6) is 0 Å². The lowest BCUT2D eigenvalue weighted by Crippen LogP contribution is -2.29. The number of esters is 2. The molecule has 0 bridgehead atoms. The molecule has 0 aliphatic carbocycles. The summed E-state index contributed by atoms with van der Waals surface area (Å²) < 4.78 is 32.6. The van der Waals surface area contributed by atoms with Crippen molar-refractivity contribution in [2.75, 3.05) is 26.4 Å². The van der Waals surface area contributed by atoms with Gasteiger partial charge >= 0.3 is 19.8 Å². The molecule has 0 aliphatic rings. The number of unbranched alkanes of at least 4 members (excludes halogenated alkanes) is 5. The van der Waals surface area contributed by atoms with Crippen molar-refractivity contribution in [3.05, 3.63) is 97.2 Å². The van der Waals surface area contributed by atoms with Crippen LogP contribution >= 0.6 is 7.82 Å². The number of hydrogen-bond acceptors (Lipinski definition) is 10. The number of allylic oxidation sites excluding steroid dienone is 15. The fraction of sp³-hybridized carbons (Fsp3) is 0.609. The Kier molecular flexibility index (Phi) is 38.4. The molecule has 4 atom stereocenters. The van der Waals surface area contributed by atoms with Crippen molar-refractivity contribution in [2.24, 2.45) is 0 Å². The molecule has 12 heteroatoms. The van der Waals surface area contributed by atoms with Gasteiger partial charge in [0, 0.05) is 12.8 Å². The molecule has 58 heavy (non-hydrogen) atoms. The minimum atomic E-state index is -4.65. The van der Waals surface area contributed by atoms with Crippen LogP contribution in [0.15, 0.2) is 97.2 Å². The van der Waals surface area contributed by atoms with Crippen LogP contribution < -0.4 is 0 Å². The molecule has 0 aromatic carbocycles. The number of ether oxygens (including phenoxy) is 2. The van der Waals surface area contributed by atoms with Gasteiger partial charge in [-0.05, 0) is 89.9 Å². The fourth-order valence-electron chi connectivity index (χ4n) is 5.05. The van der Waals surface area contributed by atoms with Crippen LogP contribution in [0.2, 0.25) is 0 Å². The molecule has 11 nitrogen and oxygen atoms in total. The van der Waals surface area contributed by atoms with E-state index in [-0.39, 0.29) is 25.6 Å². The van der Waals surface area contributed by atoms with E-state index in [4.69, 9.17) is 19.1 Å². The maximum Gasteiger partial charge on any atom is 0.472 e. The number of carbonyl (C=O) groups is 2. The van der Waals surface area contributed by atoms with Gasteiger partial charge in [0.15, 0.2) is 6.10 Å². The standard InChI is InChI=1S/C46H75O11P/c1-3-5-6-7-8-9-10-11-12-13-14-17-21-24-27-30-33-37-46(51)57-44(41-56-58(52,53)55-39-43(49)38-47)40-54-45(50)36-32-29-26-23-20-18-15-16-19-22-25-28-31-35-42(48)34-4-2/h5-6,8-9,11-12,14-15,17-19,22-23,26,28,31,42-44,47-49H,3-4,7,10,13,16,20-21,24-25,27,29-30,32-41H2,1-2H3,(H,52,53)/b6-5-,9-8-,12-11-,17-14-,18-15-,22-19-,26-23-,31-28-/t42?,43-,44+/m0/s1. The Morgan fingerprint density at radius 3 is 1.60 bits per heavy atom. The average molecular weight is 835 g/mol. The third-order valence-corrected chi connectivity index (χ3v) is 9.23. The zero-order valence-electron chi connectivity index (χ0n) is 35.3. The first kappa shape index (κ1) is 54.9. The van der Waals surface area contributed by atoms with Crippen LogP contribution in [-0.2, 0) is 32.7 Å². The Morgan fingerprint density at radius 1 is 0.569 bits per heavy atom. The molecule has 0 heterocycles. The van der Waals surface area contributed by atoms with Crippen LogP contribution in [0, 0.1) is 0 Å².